The lowest BCUT2D eigenvalue weighted by Crippen LogP contribution is -2.16. The molecule has 106 valence electrons. The molecule has 20 heavy (non-hydrogen) atoms. The van der Waals surface area contributed by atoms with Crippen LogP contribution in [-0.2, 0) is 0 Å². The normalized spacial score (nSPS) is 11.4. The molecule has 0 unspecified atom stereocenters. The van der Waals surface area contributed by atoms with Crippen LogP contribution in [0.4, 0.5) is 13.2 Å². The monoisotopic (exact) mass is 301 g/mol. The lowest BCUT2D eigenvalue weighted by atomic mass is 10.1. The van der Waals surface area contributed by atoms with Gasteiger partial charge in [0.05, 0.1) is 4.88 Å². The van der Waals surface area contributed by atoms with Crippen molar-refractivity contribution in [2.24, 2.45) is 0 Å². The van der Waals surface area contributed by atoms with Crippen molar-refractivity contribution in [1.82, 2.24) is 0 Å². The molecule has 2 aromatic rings. The minimum absolute atomic E-state index is 0.0352. The van der Waals surface area contributed by atoms with Gasteiger partial charge in [0.15, 0.2) is 0 Å². The average Bonchev–Trinajstić information content (AvgIpc) is 2.70. The molecule has 0 radical (unpaired) electrons. The third-order valence-electron chi connectivity index (χ3n) is 2.52. The van der Waals surface area contributed by atoms with Gasteiger partial charge < -0.3 is 15.3 Å². The summed E-state index contributed by atoms with van der Waals surface area (Å²) >= 11 is 1.22. The van der Waals surface area contributed by atoms with Crippen LogP contribution in [0, 0.1) is 5.41 Å². The number of nitrogens with one attached hydrogen (secondary N) is 1. The van der Waals surface area contributed by atoms with E-state index in [0.29, 0.717) is 16.0 Å². The summed E-state index contributed by atoms with van der Waals surface area (Å²) in [6, 6.07) is 5.21. The van der Waals surface area contributed by atoms with Crippen molar-refractivity contribution >= 4 is 17.0 Å². The molecule has 0 atom stereocenters. The highest BCUT2D eigenvalue weighted by atomic mass is 32.1. The first-order chi connectivity index (χ1) is 9.28. The van der Waals surface area contributed by atoms with Crippen molar-refractivity contribution in [3.05, 3.63) is 35.2 Å². The number of benzene rings is 1. The highest BCUT2D eigenvalue weighted by Gasteiger charge is 2.31. The smallest absolute Gasteiger partial charge is 0.506 e. The van der Waals surface area contributed by atoms with E-state index >= 15 is 0 Å². The number of thiophene rings is 1. The molecule has 0 fully saturated rings. The number of rotatable bonds is 3. The molecule has 0 bridgehead atoms. The minimum atomic E-state index is -4.73. The zero-order valence-corrected chi connectivity index (χ0v) is 11.1. The van der Waals surface area contributed by atoms with E-state index in [4.69, 9.17) is 5.41 Å². The van der Waals surface area contributed by atoms with Gasteiger partial charge in [-0.15, -0.1) is 24.5 Å². The maximum Gasteiger partial charge on any atom is 0.573 e. The third-order valence-corrected chi connectivity index (χ3v) is 3.54. The molecule has 0 aliphatic rings. The second kappa shape index (κ2) is 5.16. The van der Waals surface area contributed by atoms with Gasteiger partial charge in [-0.3, -0.25) is 0 Å². The fourth-order valence-electron chi connectivity index (χ4n) is 1.63. The Labute approximate surface area is 116 Å². The standard InChI is InChI=1S/C13H10F3NO2S/c1-7(17)10-6-20-12(11(10)18)8-2-4-9(5-3-8)19-13(14,15)16/h2-6,17-18H,1H3. The number of halogens is 3. The van der Waals surface area contributed by atoms with E-state index in [9.17, 15) is 18.3 Å². The Balaban J connectivity index is 2.29. The minimum Gasteiger partial charge on any atom is -0.506 e. The molecular formula is C13H10F3NO2S. The quantitative estimate of drug-likeness (QED) is 0.825. The molecule has 1 heterocycles. The van der Waals surface area contributed by atoms with Gasteiger partial charge >= 0.3 is 6.36 Å². The van der Waals surface area contributed by atoms with Crippen LogP contribution in [0.5, 0.6) is 11.5 Å². The molecule has 1 aromatic heterocycles. The van der Waals surface area contributed by atoms with Gasteiger partial charge in [0.2, 0.25) is 0 Å². The molecule has 0 saturated heterocycles. The lowest BCUT2D eigenvalue weighted by Gasteiger charge is -2.09. The van der Waals surface area contributed by atoms with E-state index in [1.54, 1.807) is 12.3 Å². The van der Waals surface area contributed by atoms with Crippen LogP contribution in [0.3, 0.4) is 0 Å². The molecule has 0 saturated carbocycles. The number of alkyl halides is 3. The van der Waals surface area contributed by atoms with Crippen molar-refractivity contribution < 1.29 is 23.0 Å². The summed E-state index contributed by atoms with van der Waals surface area (Å²) in [5, 5.41) is 19.1. The van der Waals surface area contributed by atoms with Crippen LogP contribution in [0.1, 0.15) is 12.5 Å². The Hall–Kier alpha value is -2.02. The van der Waals surface area contributed by atoms with E-state index in [1.165, 1.54) is 35.6 Å². The second-order valence-corrected chi connectivity index (χ2v) is 4.90. The van der Waals surface area contributed by atoms with Crippen LogP contribution in [-0.4, -0.2) is 17.2 Å². The summed E-state index contributed by atoms with van der Waals surface area (Å²) in [6.07, 6.45) is -4.73. The third kappa shape index (κ3) is 3.11. The van der Waals surface area contributed by atoms with E-state index in [-0.39, 0.29) is 17.2 Å². The molecule has 7 heteroatoms. The largest absolute Gasteiger partial charge is 0.573 e. The predicted octanol–water partition coefficient (Wildman–Crippen LogP) is 4.41. The SMILES string of the molecule is CC(=N)c1csc(-c2ccc(OC(F)(F)F)cc2)c1O. The fourth-order valence-corrected chi connectivity index (χ4v) is 2.65. The van der Waals surface area contributed by atoms with Gasteiger partial charge in [0.25, 0.3) is 0 Å². The van der Waals surface area contributed by atoms with Gasteiger partial charge in [0.1, 0.15) is 11.5 Å². The summed E-state index contributed by atoms with van der Waals surface area (Å²) in [6.45, 7) is 1.55. The molecule has 2 N–H and O–H groups in total. The summed E-state index contributed by atoms with van der Waals surface area (Å²) in [7, 11) is 0. The number of aromatic hydroxyl groups is 1. The summed E-state index contributed by atoms with van der Waals surface area (Å²) in [4.78, 5) is 0.505. The molecule has 0 aliphatic carbocycles. The van der Waals surface area contributed by atoms with Gasteiger partial charge in [-0.1, -0.05) is 0 Å². The average molecular weight is 301 g/mol. The Bertz CT molecular complexity index is 632. The fraction of sp³-hybridized carbons (Fsp3) is 0.154. The molecular weight excluding hydrogens is 291 g/mol. The Morgan fingerprint density at radius 1 is 1.25 bits per heavy atom. The first-order valence-corrected chi connectivity index (χ1v) is 6.38. The Kier molecular flexibility index (Phi) is 3.71. The van der Waals surface area contributed by atoms with Crippen molar-refractivity contribution in [2.45, 2.75) is 13.3 Å². The first kappa shape index (κ1) is 14.4. The first-order valence-electron chi connectivity index (χ1n) is 5.50. The molecule has 2 rings (SSSR count). The van der Waals surface area contributed by atoms with Crippen molar-refractivity contribution in [3.63, 3.8) is 0 Å². The van der Waals surface area contributed by atoms with Crippen molar-refractivity contribution in [3.8, 4) is 21.9 Å². The van der Waals surface area contributed by atoms with Gasteiger partial charge in [-0.2, -0.15) is 0 Å². The zero-order valence-electron chi connectivity index (χ0n) is 10.3. The van der Waals surface area contributed by atoms with Gasteiger partial charge in [-0.05, 0) is 36.8 Å². The second-order valence-electron chi connectivity index (χ2n) is 4.02. The summed E-state index contributed by atoms with van der Waals surface area (Å²) in [5.74, 6) is -0.354. The molecule has 1 aromatic carbocycles. The highest BCUT2D eigenvalue weighted by Crippen LogP contribution is 2.39. The van der Waals surface area contributed by atoms with E-state index in [0.717, 1.165) is 0 Å². The topological polar surface area (TPSA) is 53.3 Å². The molecule has 0 aliphatic heterocycles. The van der Waals surface area contributed by atoms with Gasteiger partial charge in [-0.25, -0.2) is 0 Å². The zero-order chi connectivity index (χ0) is 14.9. The number of ether oxygens (including phenoxy) is 1. The summed E-state index contributed by atoms with van der Waals surface area (Å²) < 4.78 is 39.9. The lowest BCUT2D eigenvalue weighted by molar-refractivity contribution is -0.274. The van der Waals surface area contributed by atoms with Crippen LogP contribution in [0.15, 0.2) is 29.6 Å². The number of hydrogen-bond acceptors (Lipinski definition) is 4. The van der Waals surface area contributed by atoms with Crippen LogP contribution in [0.25, 0.3) is 10.4 Å². The molecule has 0 spiro atoms. The van der Waals surface area contributed by atoms with Crippen LogP contribution >= 0.6 is 11.3 Å². The molecule has 0 amide bonds. The molecule has 3 nitrogen and oxygen atoms in total. The van der Waals surface area contributed by atoms with Crippen LogP contribution < -0.4 is 4.74 Å². The maximum absolute atomic E-state index is 12.0. The highest BCUT2D eigenvalue weighted by molar-refractivity contribution is 7.14. The van der Waals surface area contributed by atoms with E-state index in [2.05, 4.69) is 4.74 Å². The van der Waals surface area contributed by atoms with E-state index < -0.39 is 6.36 Å². The Morgan fingerprint density at radius 3 is 2.30 bits per heavy atom. The van der Waals surface area contributed by atoms with Gasteiger partial charge in [0, 0.05) is 16.7 Å². The summed E-state index contributed by atoms with van der Waals surface area (Å²) in [5.41, 5.74) is 1.21. The van der Waals surface area contributed by atoms with E-state index in [1.807, 2.05) is 0 Å². The van der Waals surface area contributed by atoms with Crippen molar-refractivity contribution in [2.75, 3.05) is 0 Å². The van der Waals surface area contributed by atoms with Crippen LogP contribution in [0.2, 0.25) is 0 Å². The Morgan fingerprint density at radius 2 is 1.85 bits per heavy atom. The predicted molar refractivity (Wildman–Crippen MR) is 70.6 cm³/mol. The maximum atomic E-state index is 12.0. The van der Waals surface area contributed by atoms with Crippen molar-refractivity contribution in [1.29, 1.82) is 5.41 Å². The number of hydrogen-bond donors (Lipinski definition) is 2.